The third-order valence-corrected chi connectivity index (χ3v) is 8.86. The monoisotopic (exact) mass is 633 g/mol. The van der Waals surface area contributed by atoms with Gasteiger partial charge in [0, 0.05) is 49.0 Å². The third-order valence-electron chi connectivity index (χ3n) is 8.86. The number of amides is 2. The number of nitrogens with one attached hydrogen (secondary N) is 2. The van der Waals surface area contributed by atoms with Crippen molar-refractivity contribution in [1.82, 2.24) is 9.80 Å². The Morgan fingerprint density at radius 2 is 1.70 bits per heavy atom. The number of halogens is 3. The van der Waals surface area contributed by atoms with E-state index in [1.165, 1.54) is 20.1 Å². The zero-order chi connectivity index (χ0) is 32.7. The molecule has 2 N–H and O–H groups in total. The average Bonchev–Trinajstić information content (AvgIpc) is 3.53. The van der Waals surface area contributed by atoms with E-state index in [1.807, 2.05) is 42.3 Å². The van der Waals surface area contributed by atoms with E-state index >= 15 is 0 Å². The number of ether oxygens (including phenoxy) is 1. The lowest BCUT2D eigenvalue weighted by Gasteiger charge is -2.35. The third kappa shape index (κ3) is 5.85. The van der Waals surface area contributed by atoms with Crippen LogP contribution < -0.4 is 15.5 Å². The van der Waals surface area contributed by atoms with Gasteiger partial charge in [-0.25, -0.2) is 4.79 Å². The van der Waals surface area contributed by atoms with Crippen molar-refractivity contribution in [2.24, 2.45) is 0 Å². The molecule has 12 heteroatoms. The van der Waals surface area contributed by atoms with Gasteiger partial charge < -0.3 is 20.3 Å². The normalized spacial score (nSPS) is 21.0. The lowest BCUT2D eigenvalue weighted by molar-refractivity contribution is -0.156. The molecule has 2 unspecified atom stereocenters. The van der Waals surface area contributed by atoms with Crippen LogP contribution in [0.1, 0.15) is 39.9 Å². The van der Waals surface area contributed by atoms with Gasteiger partial charge in [0.15, 0.2) is 0 Å². The van der Waals surface area contributed by atoms with Crippen LogP contribution in [0.4, 0.5) is 30.2 Å². The second-order valence-electron chi connectivity index (χ2n) is 11.8. The Labute approximate surface area is 264 Å². The molecule has 0 spiro atoms. The van der Waals surface area contributed by atoms with E-state index < -0.39 is 35.9 Å². The van der Waals surface area contributed by atoms with Gasteiger partial charge in [-0.1, -0.05) is 43.3 Å². The number of fused-ring (bicyclic) bond motifs is 2. The van der Waals surface area contributed by atoms with Gasteiger partial charge >= 0.3 is 12.1 Å². The van der Waals surface area contributed by atoms with Gasteiger partial charge in [0.05, 0.1) is 36.2 Å². The number of anilines is 3. The maximum Gasteiger partial charge on any atom is 0.409 e. The quantitative estimate of drug-likeness (QED) is 0.291. The summed E-state index contributed by atoms with van der Waals surface area (Å²) >= 11 is 0. The first-order valence-corrected chi connectivity index (χ1v) is 15.0. The van der Waals surface area contributed by atoms with Gasteiger partial charge in [-0.2, -0.15) is 13.2 Å². The number of nitrogens with zero attached hydrogens (tertiary/aromatic N) is 3. The minimum absolute atomic E-state index is 0.0942. The van der Waals surface area contributed by atoms with E-state index in [0.717, 1.165) is 18.0 Å². The molecule has 3 aromatic rings. The van der Waals surface area contributed by atoms with Gasteiger partial charge in [0.2, 0.25) is 5.91 Å². The number of alkyl halides is 3. The summed E-state index contributed by atoms with van der Waals surface area (Å²) in [6, 6.07) is 16.6. The molecule has 0 aliphatic carbocycles. The predicted octanol–water partition coefficient (Wildman–Crippen LogP) is 5.03. The summed E-state index contributed by atoms with van der Waals surface area (Å²) in [5, 5.41) is 6.11. The molecule has 0 saturated carbocycles. The lowest BCUT2D eigenvalue weighted by atomic mass is 9.95. The van der Waals surface area contributed by atoms with Crippen molar-refractivity contribution in [2.75, 3.05) is 62.4 Å². The highest BCUT2D eigenvalue weighted by Gasteiger charge is 2.54. The van der Waals surface area contributed by atoms with Crippen molar-refractivity contribution in [2.45, 2.75) is 25.1 Å². The summed E-state index contributed by atoms with van der Waals surface area (Å²) in [6.45, 7) is 4.09. The molecule has 240 valence electrons. The number of rotatable bonds is 6. The molecule has 3 aromatic carbocycles. The molecule has 46 heavy (non-hydrogen) atoms. The zero-order valence-corrected chi connectivity index (χ0v) is 25.6. The standard InChI is InChI=1S/C34H34F3N5O4/c1-20-25-18-23(10-12-27(25)42(31(20)34(35,36)37)28(43)19-41-15-13-40(2)14-16-41)38-30(21-7-5-4-6-8-21)29-24-11-9-22(33(45)46-3)17-26(24)39-32(29)44/h4-12,17-18,20,31,38H,13-16,19H2,1-3H3,(H,39,44)/b30-29-. The summed E-state index contributed by atoms with van der Waals surface area (Å²) in [5.41, 5.74) is 3.74. The molecule has 3 heterocycles. The Bertz CT molecular complexity index is 1720. The average molecular weight is 634 g/mol. The van der Waals surface area contributed by atoms with Gasteiger partial charge in [0.25, 0.3) is 5.91 Å². The molecule has 2 amide bonds. The highest BCUT2D eigenvalue weighted by Crippen LogP contribution is 2.48. The first-order valence-electron chi connectivity index (χ1n) is 15.0. The van der Waals surface area contributed by atoms with Crippen LogP contribution in [0, 0.1) is 0 Å². The van der Waals surface area contributed by atoms with E-state index in [-0.39, 0.29) is 17.8 Å². The molecular formula is C34H34F3N5O4. The second kappa shape index (κ2) is 12.3. The van der Waals surface area contributed by atoms with Gasteiger partial charge in [-0.05, 0) is 48.5 Å². The van der Waals surface area contributed by atoms with Crippen molar-refractivity contribution < 1.29 is 32.3 Å². The number of carbonyl (C=O) groups excluding carboxylic acids is 3. The first kappa shape index (κ1) is 31.3. The molecular weight excluding hydrogens is 599 g/mol. The molecule has 1 saturated heterocycles. The fraction of sp³-hybridized carbons (Fsp3) is 0.324. The molecule has 1 fully saturated rings. The Hall–Kier alpha value is -4.68. The lowest BCUT2D eigenvalue weighted by Crippen LogP contribution is -2.53. The van der Waals surface area contributed by atoms with Gasteiger partial charge in [0.1, 0.15) is 6.04 Å². The van der Waals surface area contributed by atoms with Crippen LogP contribution in [-0.4, -0.2) is 86.7 Å². The van der Waals surface area contributed by atoms with E-state index in [1.54, 1.807) is 30.3 Å². The maximum atomic E-state index is 14.5. The van der Waals surface area contributed by atoms with Crippen LogP contribution in [0.2, 0.25) is 0 Å². The molecule has 9 nitrogen and oxygen atoms in total. The first-order chi connectivity index (χ1) is 22.0. The van der Waals surface area contributed by atoms with Crippen LogP contribution in [0.25, 0.3) is 11.3 Å². The largest absolute Gasteiger partial charge is 0.465 e. The summed E-state index contributed by atoms with van der Waals surface area (Å²) in [7, 11) is 3.24. The van der Waals surface area contributed by atoms with Crippen molar-refractivity contribution >= 4 is 46.1 Å². The van der Waals surface area contributed by atoms with E-state index in [9.17, 15) is 27.6 Å². The zero-order valence-electron chi connectivity index (χ0n) is 25.6. The Balaban J connectivity index is 1.38. The number of methoxy groups -OCH3 is 1. The Kier molecular flexibility index (Phi) is 8.34. The molecule has 3 aliphatic heterocycles. The van der Waals surface area contributed by atoms with E-state index in [0.29, 0.717) is 52.4 Å². The fourth-order valence-electron chi connectivity index (χ4n) is 6.45. The summed E-state index contributed by atoms with van der Waals surface area (Å²) < 4.78 is 48.4. The number of esters is 1. The maximum absolute atomic E-state index is 14.5. The molecule has 0 bridgehead atoms. The topological polar surface area (TPSA) is 94.2 Å². The highest BCUT2D eigenvalue weighted by molar-refractivity contribution is 6.37. The number of carbonyl (C=O) groups is 3. The molecule has 0 radical (unpaired) electrons. The van der Waals surface area contributed by atoms with Crippen LogP contribution in [0.5, 0.6) is 0 Å². The van der Waals surface area contributed by atoms with Gasteiger partial charge in [-0.15, -0.1) is 0 Å². The Morgan fingerprint density at radius 3 is 2.37 bits per heavy atom. The summed E-state index contributed by atoms with van der Waals surface area (Å²) in [4.78, 5) is 43.9. The van der Waals surface area contributed by atoms with Crippen LogP contribution in [0.15, 0.2) is 66.7 Å². The van der Waals surface area contributed by atoms with Crippen molar-refractivity contribution in [3.63, 3.8) is 0 Å². The Morgan fingerprint density at radius 1 is 0.978 bits per heavy atom. The van der Waals surface area contributed by atoms with Crippen LogP contribution in [0.3, 0.4) is 0 Å². The van der Waals surface area contributed by atoms with Crippen molar-refractivity contribution in [3.05, 3.63) is 89.0 Å². The van der Waals surface area contributed by atoms with Crippen LogP contribution >= 0.6 is 0 Å². The number of hydrogen-bond acceptors (Lipinski definition) is 7. The minimum atomic E-state index is -4.64. The molecule has 3 aliphatic rings. The summed E-state index contributed by atoms with van der Waals surface area (Å²) in [5.74, 6) is -2.56. The van der Waals surface area contributed by atoms with Crippen LogP contribution in [-0.2, 0) is 14.3 Å². The van der Waals surface area contributed by atoms with Gasteiger partial charge in [-0.3, -0.25) is 19.4 Å². The number of likely N-dealkylation sites (N-methyl/N-ethyl adjacent to an activating group) is 1. The fourth-order valence-corrected chi connectivity index (χ4v) is 6.45. The summed E-state index contributed by atoms with van der Waals surface area (Å²) in [6.07, 6.45) is -4.64. The molecule has 6 rings (SSSR count). The minimum Gasteiger partial charge on any atom is -0.465 e. The van der Waals surface area contributed by atoms with Crippen molar-refractivity contribution in [1.29, 1.82) is 0 Å². The predicted molar refractivity (Wildman–Crippen MR) is 169 cm³/mol. The highest BCUT2D eigenvalue weighted by atomic mass is 19.4. The molecule has 0 aromatic heterocycles. The second-order valence-corrected chi connectivity index (χ2v) is 11.8. The molecule has 2 atom stereocenters. The number of benzene rings is 3. The van der Waals surface area contributed by atoms with E-state index in [2.05, 4.69) is 15.5 Å². The number of piperazine rings is 1. The van der Waals surface area contributed by atoms with E-state index in [4.69, 9.17) is 4.74 Å². The smallest absolute Gasteiger partial charge is 0.409 e. The number of hydrogen-bond donors (Lipinski definition) is 2. The van der Waals surface area contributed by atoms with Crippen molar-refractivity contribution in [3.8, 4) is 0 Å². The SMILES string of the molecule is COC(=O)c1ccc2c(c1)NC(=O)/C2=C(\Nc1ccc2c(c1)C(C)C(C(F)(F)F)N2C(=O)CN1CCN(C)CC1)c1ccccc1.